The number of rotatable bonds is 3. The Bertz CT molecular complexity index is 445. The van der Waals surface area contributed by atoms with Crippen molar-refractivity contribution >= 4 is 6.03 Å². The summed E-state index contributed by atoms with van der Waals surface area (Å²) in [5.74, 6) is 0.508. The second-order valence-corrected chi connectivity index (χ2v) is 4.40. The van der Waals surface area contributed by atoms with E-state index >= 15 is 0 Å². The zero-order chi connectivity index (χ0) is 13.7. The third-order valence-corrected chi connectivity index (χ3v) is 3.09. The minimum Gasteiger partial charge on any atom is -0.504 e. The van der Waals surface area contributed by atoms with Gasteiger partial charge in [0.2, 0.25) is 0 Å². The molecule has 19 heavy (non-hydrogen) atoms. The van der Waals surface area contributed by atoms with E-state index in [1.807, 2.05) is 0 Å². The molecule has 1 aromatic carbocycles. The Balaban J connectivity index is 1.89. The number of phenols is 1. The maximum atomic E-state index is 11.9. The minimum atomic E-state index is -0.0615. The molecule has 104 valence electrons. The highest BCUT2D eigenvalue weighted by Gasteiger charge is 2.15. The molecule has 1 aliphatic rings. The number of aromatic hydroxyl groups is 1. The molecule has 0 radical (unpaired) electrons. The number of phenolic OH excluding ortho intramolecular Hbond substituents is 1. The van der Waals surface area contributed by atoms with E-state index in [0.29, 0.717) is 12.3 Å². The molecule has 6 nitrogen and oxygen atoms in total. The summed E-state index contributed by atoms with van der Waals surface area (Å²) in [4.78, 5) is 13.7. The van der Waals surface area contributed by atoms with Gasteiger partial charge in [0, 0.05) is 32.7 Å². The number of piperazine rings is 1. The van der Waals surface area contributed by atoms with Crippen molar-refractivity contribution < 1.29 is 14.6 Å². The lowest BCUT2D eigenvalue weighted by molar-refractivity contribution is 0.189. The number of nitrogens with zero attached hydrogens (tertiary/aromatic N) is 1. The van der Waals surface area contributed by atoms with Crippen molar-refractivity contribution in [2.45, 2.75) is 6.54 Å². The smallest absolute Gasteiger partial charge is 0.317 e. The highest BCUT2D eigenvalue weighted by molar-refractivity contribution is 5.74. The maximum Gasteiger partial charge on any atom is 0.317 e. The van der Waals surface area contributed by atoms with Crippen LogP contribution in [0.3, 0.4) is 0 Å². The number of benzene rings is 1. The van der Waals surface area contributed by atoms with Gasteiger partial charge in [0.1, 0.15) is 0 Å². The van der Waals surface area contributed by atoms with Crippen LogP contribution in [0, 0.1) is 0 Å². The van der Waals surface area contributed by atoms with Gasteiger partial charge >= 0.3 is 6.03 Å². The first-order chi connectivity index (χ1) is 9.20. The molecule has 2 amide bonds. The van der Waals surface area contributed by atoms with Gasteiger partial charge in [-0.2, -0.15) is 0 Å². The number of urea groups is 1. The average molecular weight is 265 g/mol. The van der Waals surface area contributed by atoms with Crippen LogP contribution in [-0.4, -0.2) is 49.3 Å². The van der Waals surface area contributed by atoms with E-state index in [1.54, 1.807) is 23.1 Å². The van der Waals surface area contributed by atoms with Gasteiger partial charge in [-0.05, 0) is 17.7 Å². The third-order valence-electron chi connectivity index (χ3n) is 3.09. The Kier molecular flexibility index (Phi) is 4.46. The van der Waals surface area contributed by atoms with E-state index in [1.165, 1.54) is 7.11 Å². The lowest BCUT2D eigenvalue weighted by atomic mass is 10.2. The van der Waals surface area contributed by atoms with Crippen molar-refractivity contribution in [1.29, 1.82) is 0 Å². The molecule has 1 fully saturated rings. The number of carbonyl (C=O) groups excluding carboxylic acids is 1. The van der Waals surface area contributed by atoms with Crippen molar-refractivity contribution in [3.8, 4) is 11.5 Å². The van der Waals surface area contributed by atoms with Crippen LogP contribution in [-0.2, 0) is 6.54 Å². The molecule has 3 N–H and O–H groups in total. The summed E-state index contributed by atoms with van der Waals surface area (Å²) in [6.45, 7) is 3.54. The van der Waals surface area contributed by atoms with E-state index in [4.69, 9.17) is 4.74 Å². The van der Waals surface area contributed by atoms with Gasteiger partial charge in [0.15, 0.2) is 11.5 Å². The van der Waals surface area contributed by atoms with Crippen LogP contribution in [0.25, 0.3) is 0 Å². The summed E-state index contributed by atoms with van der Waals surface area (Å²) in [5.41, 5.74) is 0.887. The molecule has 0 bridgehead atoms. The summed E-state index contributed by atoms with van der Waals surface area (Å²) in [6, 6.07) is 4.97. The molecule has 2 rings (SSSR count). The molecule has 0 unspecified atom stereocenters. The molecule has 0 saturated carbocycles. The molecular weight excluding hydrogens is 246 g/mol. The fourth-order valence-corrected chi connectivity index (χ4v) is 1.99. The molecule has 0 aliphatic carbocycles. The zero-order valence-corrected chi connectivity index (χ0v) is 11.0. The number of hydrogen-bond acceptors (Lipinski definition) is 4. The number of ether oxygens (including phenoxy) is 1. The van der Waals surface area contributed by atoms with Gasteiger partial charge in [0.05, 0.1) is 7.11 Å². The van der Waals surface area contributed by atoms with E-state index < -0.39 is 0 Å². The van der Waals surface area contributed by atoms with E-state index in [0.717, 1.165) is 31.7 Å². The highest BCUT2D eigenvalue weighted by Crippen LogP contribution is 2.26. The molecule has 1 saturated heterocycles. The van der Waals surface area contributed by atoms with Crippen LogP contribution >= 0.6 is 0 Å². The standard InChI is InChI=1S/C13H19N3O3/c1-19-12-8-10(2-3-11(12)17)9-15-13(18)16-6-4-14-5-7-16/h2-3,8,14,17H,4-7,9H2,1H3,(H,15,18). The lowest BCUT2D eigenvalue weighted by Gasteiger charge is -2.27. The van der Waals surface area contributed by atoms with Crippen LogP contribution in [0.5, 0.6) is 11.5 Å². The molecule has 0 aromatic heterocycles. The summed E-state index contributed by atoms with van der Waals surface area (Å²) in [7, 11) is 1.50. The molecule has 1 aromatic rings. The Morgan fingerprint density at radius 3 is 2.89 bits per heavy atom. The summed E-state index contributed by atoms with van der Waals surface area (Å²) in [5, 5.41) is 15.5. The summed E-state index contributed by atoms with van der Waals surface area (Å²) in [6.07, 6.45) is 0. The van der Waals surface area contributed by atoms with Crippen molar-refractivity contribution in [1.82, 2.24) is 15.5 Å². The Morgan fingerprint density at radius 2 is 2.21 bits per heavy atom. The minimum absolute atomic E-state index is 0.0615. The number of methoxy groups -OCH3 is 1. The summed E-state index contributed by atoms with van der Waals surface area (Å²) < 4.78 is 5.03. The predicted octanol–water partition coefficient (Wildman–Crippen LogP) is 0.516. The second-order valence-electron chi connectivity index (χ2n) is 4.40. The number of nitrogens with one attached hydrogen (secondary N) is 2. The molecule has 0 atom stereocenters. The summed E-state index contributed by atoms with van der Waals surface area (Å²) >= 11 is 0. The van der Waals surface area contributed by atoms with E-state index in [-0.39, 0.29) is 11.8 Å². The normalized spacial score (nSPS) is 15.1. The van der Waals surface area contributed by atoms with Crippen molar-refractivity contribution in [3.05, 3.63) is 23.8 Å². The van der Waals surface area contributed by atoms with Gasteiger partial charge in [0.25, 0.3) is 0 Å². The van der Waals surface area contributed by atoms with Gasteiger partial charge in [-0.15, -0.1) is 0 Å². The van der Waals surface area contributed by atoms with Crippen LogP contribution in [0.2, 0.25) is 0 Å². The first-order valence-electron chi connectivity index (χ1n) is 6.30. The second kappa shape index (κ2) is 6.29. The highest BCUT2D eigenvalue weighted by atomic mass is 16.5. The van der Waals surface area contributed by atoms with Crippen LogP contribution in [0.15, 0.2) is 18.2 Å². The van der Waals surface area contributed by atoms with Crippen molar-refractivity contribution in [2.75, 3.05) is 33.3 Å². The van der Waals surface area contributed by atoms with Crippen LogP contribution < -0.4 is 15.4 Å². The number of hydrogen-bond donors (Lipinski definition) is 3. The molecule has 1 heterocycles. The zero-order valence-electron chi connectivity index (χ0n) is 11.0. The maximum absolute atomic E-state index is 11.9. The van der Waals surface area contributed by atoms with Crippen LogP contribution in [0.1, 0.15) is 5.56 Å². The van der Waals surface area contributed by atoms with Gasteiger partial charge in [-0.1, -0.05) is 6.07 Å². The van der Waals surface area contributed by atoms with Gasteiger partial charge in [-0.25, -0.2) is 4.79 Å². The Hall–Kier alpha value is -1.95. The predicted molar refractivity (Wildman–Crippen MR) is 71.3 cm³/mol. The van der Waals surface area contributed by atoms with E-state index in [2.05, 4.69) is 10.6 Å². The fourth-order valence-electron chi connectivity index (χ4n) is 1.99. The monoisotopic (exact) mass is 265 g/mol. The van der Waals surface area contributed by atoms with Gasteiger partial charge in [-0.3, -0.25) is 0 Å². The molecule has 0 spiro atoms. The number of amides is 2. The third kappa shape index (κ3) is 3.51. The van der Waals surface area contributed by atoms with Crippen LogP contribution in [0.4, 0.5) is 4.79 Å². The van der Waals surface area contributed by atoms with Crippen molar-refractivity contribution in [2.24, 2.45) is 0 Å². The van der Waals surface area contributed by atoms with Crippen molar-refractivity contribution in [3.63, 3.8) is 0 Å². The SMILES string of the molecule is COc1cc(CNC(=O)N2CCNCC2)ccc1O. The first-order valence-corrected chi connectivity index (χ1v) is 6.30. The Morgan fingerprint density at radius 1 is 1.47 bits per heavy atom. The average Bonchev–Trinajstić information content (AvgIpc) is 2.47. The fraction of sp³-hybridized carbons (Fsp3) is 0.462. The Labute approximate surface area is 112 Å². The molecule has 1 aliphatic heterocycles. The quantitative estimate of drug-likeness (QED) is 0.745. The first kappa shape index (κ1) is 13.5. The molecule has 6 heteroatoms. The van der Waals surface area contributed by atoms with E-state index in [9.17, 15) is 9.90 Å². The largest absolute Gasteiger partial charge is 0.504 e. The van der Waals surface area contributed by atoms with Gasteiger partial charge < -0.3 is 25.4 Å². The molecular formula is C13H19N3O3. The topological polar surface area (TPSA) is 73.8 Å². The lowest BCUT2D eigenvalue weighted by Crippen LogP contribution is -2.50. The number of carbonyl (C=O) groups is 1.